The Morgan fingerprint density at radius 3 is 2.00 bits per heavy atom. The van der Waals surface area contributed by atoms with Crippen LogP contribution in [0.3, 0.4) is 0 Å². The molecular weight excluding hydrogens is 278 g/mol. The van der Waals surface area contributed by atoms with Crippen LogP contribution in [0.2, 0.25) is 0 Å². The third kappa shape index (κ3) is 1.90. The van der Waals surface area contributed by atoms with Crippen LogP contribution in [-0.2, 0) is 6.54 Å². The molecule has 0 aliphatic rings. The number of benzene rings is 4. The lowest BCUT2D eigenvalue weighted by molar-refractivity contribution is -0.688. The summed E-state index contributed by atoms with van der Waals surface area (Å²) in [6, 6.07) is 26.3. The zero-order valence-electron chi connectivity index (χ0n) is 12.7. The van der Waals surface area contributed by atoms with Crippen molar-refractivity contribution < 1.29 is 4.57 Å². The lowest BCUT2D eigenvalue weighted by atomic mass is 9.92. The maximum Gasteiger partial charge on any atom is 0.174 e. The normalized spacial score (nSPS) is 11.7. The van der Waals surface area contributed by atoms with E-state index >= 15 is 0 Å². The van der Waals surface area contributed by atoms with E-state index in [1.165, 1.54) is 37.9 Å². The van der Waals surface area contributed by atoms with E-state index in [1.54, 1.807) is 0 Å². The van der Waals surface area contributed by atoms with Crippen molar-refractivity contribution in [3.05, 3.63) is 90.8 Å². The molecule has 0 saturated carbocycles. The average molecular weight is 294 g/mol. The van der Waals surface area contributed by atoms with Crippen LogP contribution in [0.4, 0.5) is 0 Å². The molecule has 0 aliphatic heterocycles. The largest absolute Gasteiger partial charge is 0.201 e. The summed E-state index contributed by atoms with van der Waals surface area (Å²) in [4.78, 5) is 0. The van der Waals surface area contributed by atoms with Crippen LogP contribution in [0, 0.1) is 0 Å². The molecule has 0 N–H and O–H groups in total. The highest BCUT2D eigenvalue weighted by Gasteiger charge is 2.12. The molecule has 0 saturated heterocycles. The van der Waals surface area contributed by atoms with Gasteiger partial charge in [0.2, 0.25) is 0 Å². The summed E-state index contributed by atoms with van der Waals surface area (Å²) in [5.41, 5.74) is 1.37. The van der Waals surface area contributed by atoms with E-state index < -0.39 is 0 Å². The quantitative estimate of drug-likeness (QED) is 0.321. The Morgan fingerprint density at radius 1 is 0.565 bits per heavy atom. The van der Waals surface area contributed by atoms with Gasteiger partial charge in [-0.25, -0.2) is 4.57 Å². The molecule has 0 aliphatic carbocycles. The predicted molar refractivity (Wildman–Crippen MR) is 95.9 cm³/mol. The maximum atomic E-state index is 2.28. The molecule has 1 heterocycles. The zero-order chi connectivity index (χ0) is 15.2. The minimum Gasteiger partial charge on any atom is -0.201 e. The second kappa shape index (κ2) is 4.79. The predicted octanol–water partition coefficient (Wildman–Crippen LogP) is 4.92. The lowest BCUT2D eigenvalue weighted by Gasteiger charge is -2.12. The van der Waals surface area contributed by atoms with Gasteiger partial charge in [0.1, 0.15) is 0 Å². The first-order valence-electron chi connectivity index (χ1n) is 8.00. The van der Waals surface area contributed by atoms with Crippen LogP contribution in [0.5, 0.6) is 0 Å². The topological polar surface area (TPSA) is 3.88 Å². The minimum absolute atomic E-state index is 0.898. The van der Waals surface area contributed by atoms with Gasteiger partial charge in [0.25, 0.3) is 0 Å². The Labute approximate surface area is 134 Å². The van der Waals surface area contributed by atoms with Crippen LogP contribution >= 0.6 is 0 Å². The molecule has 1 nitrogen and oxygen atoms in total. The third-order valence-electron chi connectivity index (χ3n) is 4.75. The van der Waals surface area contributed by atoms with E-state index in [4.69, 9.17) is 0 Å². The van der Waals surface area contributed by atoms with Gasteiger partial charge >= 0.3 is 0 Å². The Morgan fingerprint density at radius 2 is 1.22 bits per heavy atom. The minimum atomic E-state index is 0.898. The van der Waals surface area contributed by atoms with Crippen molar-refractivity contribution in [2.45, 2.75) is 6.54 Å². The Kier molecular flexibility index (Phi) is 2.62. The van der Waals surface area contributed by atoms with Crippen LogP contribution in [-0.4, -0.2) is 0 Å². The molecule has 0 unspecified atom stereocenters. The molecule has 1 aromatic heterocycles. The number of hydrogen-bond acceptors (Lipinski definition) is 0. The third-order valence-corrected chi connectivity index (χ3v) is 4.75. The molecule has 23 heavy (non-hydrogen) atoms. The number of nitrogens with zero attached hydrogens (tertiary/aromatic N) is 1. The van der Waals surface area contributed by atoms with Crippen LogP contribution in [0.25, 0.3) is 32.3 Å². The van der Waals surface area contributed by atoms with E-state index in [-0.39, 0.29) is 0 Å². The summed E-state index contributed by atoms with van der Waals surface area (Å²) in [5, 5.41) is 8.13. The number of hydrogen-bond donors (Lipinski definition) is 0. The van der Waals surface area contributed by atoms with Gasteiger partial charge < -0.3 is 0 Å². The Balaban J connectivity index is 1.84. The van der Waals surface area contributed by atoms with Gasteiger partial charge in [0.05, 0.1) is 0 Å². The molecule has 4 aromatic carbocycles. The average Bonchev–Trinajstić information content (AvgIpc) is 2.62. The van der Waals surface area contributed by atoms with E-state index in [0.717, 1.165) is 6.54 Å². The van der Waals surface area contributed by atoms with Crippen molar-refractivity contribution in [1.82, 2.24) is 0 Å². The van der Waals surface area contributed by atoms with Crippen molar-refractivity contribution in [1.29, 1.82) is 0 Å². The molecular formula is C22H16N+. The van der Waals surface area contributed by atoms with Gasteiger partial charge in [-0.2, -0.15) is 0 Å². The Hall–Kier alpha value is -2.93. The zero-order valence-corrected chi connectivity index (χ0v) is 12.7. The van der Waals surface area contributed by atoms with Gasteiger partial charge in [0, 0.05) is 17.7 Å². The van der Waals surface area contributed by atoms with E-state index in [0.29, 0.717) is 0 Å². The van der Waals surface area contributed by atoms with Crippen LogP contribution < -0.4 is 4.57 Å². The first-order chi connectivity index (χ1) is 11.4. The summed E-state index contributed by atoms with van der Waals surface area (Å²) in [6.45, 7) is 0.898. The second-order valence-corrected chi connectivity index (χ2v) is 6.13. The molecule has 0 radical (unpaired) electrons. The smallest absolute Gasteiger partial charge is 0.174 e. The number of aromatic nitrogens is 1. The summed E-state index contributed by atoms with van der Waals surface area (Å²) < 4.78 is 2.23. The molecule has 0 fully saturated rings. The van der Waals surface area contributed by atoms with Crippen LogP contribution in [0.15, 0.2) is 85.2 Å². The van der Waals surface area contributed by atoms with Crippen molar-refractivity contribution in [3.63, 3.8) is 0 Å². The molecule has 0 amide bonds. The van der Waals surface area contributed by atoms with Crippen molar-refractivity contribution in [3.8, 4) is 0 Å². The van der Waals surface area contributed by atoms with Crippen molar-refractivity contribution >= 4 is 32.3 Å². The van der Waals surface area contributed by atoms with Gasteiger partial charge in [0.15, 0.2) is 18.9 Å². The monoisotopic (exact) mass is 294 g/mol. The summed E-state index contributed by atoms with van der Waals surface area (Å²) >= 11 is 0. The van der Waals surface area contributed by atoms with Crippen molar-refractivity contribution in [2.24, 2.45) is 0 Å². The van der Waals surface area contributed by atoms with Gasteiger partial charge in [-0.15, -0.1) is 0 Å². The fourth-order valence-corrected chi connectivity index (χ4v) is 3.67. The highest BCUT2D eigenvalue weighted by Crippen LogP contribution is 2.35. The van der Waals surface area contributed by atoms with Crippen LogP contribution in [0.1, 0.15) is 5.56 Å². The second-order valence-electron chi connectivity index (χ2n) is 6.13. The number of pyridine rings is 1. The van der Waals surface area contributed by atoms with E-state index in [2.05, 4.69) is 89.8 Å². The van der Waals surface area contributed by atoms with Gasteiger partial charge in [-0.3, -0.25) is 0 Å². The maximum absolute atomic E-state index is 2.28. The highest BCUT2D eigenvalue weighted by molar-refractivity contribution is 6.23. The Bertz CT molecular complexity index is 1110. The number of rotatable bonds is 2. The molecule has 5 rings (SSSR count). The summed E-state index contributed by atoms with van der Waals surface area (Å²) in [6.07, 6.45) is 4.25. The van der Waals surface area contributed by atoms with Gasteiger partial charge in [-0.1, -0.05) is 60.7 Å². The fraction of sp³-hybridized carbons (Fsp3) is 0.0455. The van der Waals surface area contributed by atoms with E-state index in [9.17, 15) is 0 Å². The van der Waals surface area contributed by atoms with Crippen molar-refractivity contribution in [2.75, 3.05) is 0 Å². The standard InChI is InChI=1S/C22H16N/c1-2-13-23(14-3-1)15-19-10-9-18-8-7-16-5-4-6-17-11-12-20(19)22(18)21(16)17/h1-14H,15H2/q+1. The fourth-order valence-electron chi connectivity index (χ4n) is 3.67. The molecule has 0 spiro atoms. The first kappa shape index (κ1) is 12.6. The molecule has 5 aromatic rings. The molecule has 1 heteroatoms. The lowest BCUT2D eigenvalue weighted by Crippen LogP contribution is -2.32. The SMILES string of the molecule is c1cc[n+](Cc2ccc3ccc4cccc5ccc2c3c45)cc1. The van der Waals surface area contributed by atoms with E-state index in [1.807, 2.05) is 0 Å². The summed E-state index contributed by atoms with van der Waals surface area (Å²) in [5.74, 6) is 0. The molecule has 0 atom stereocenters. The molecule has 0 bridgehead atoms. The first-order valence-corrected chi connectivity index (χ1v) is 8.00. The summed E-state index contributed by atoms with van der Waals surface area (Å²) in [7, 11) is 0. The van der Waals surface area contributed by atoms with Gasteiger partial charge in [-0.05, 0) is 32.3 Å². The highest BCUT2D eigenvalue weighted by atomic mass is 14.9. The molecule has 108 valence electrons.